The van der Waals surface area contributed by atoms with E-state index in [1.807, 2.05) is 6.20 Å². The minimum absolute atomic E-state index is 0.0350. The van der Waals surface area contributed by atoms with Crippen LogP contribution >= 0.6 is 22.9 Å². The van der Waals surface area contributed by atoms with Crippen LogP contribution in [0.2, 0.25) is 4.47 Å². The zero-order valence-electron chi connectivity index (χ0n) is 8.99. The van der Waals surface area contributed by atoms with Crippen molar-refractivity contribution in [2.75, 3.05) is 19.7 Å². The third-order valence-corrected chi connectivity index (χ3v) is 3.51. The summed E-state index contributed by atoms with van der Waals surface area (Å²) in [6.45, 7) is 7.93. The van der Waals surface area contributed by atoms with E-state index in [2.05, 4.69) is 23.7 Å². The SMILES string of the molecule is CC1(C)CN(Cc2cnc(Cl)s2)CCO1. The smallest absolute Gasteiger partial charge is 0.183 e. The minimum Gasteiger partial charge on any atom is -0.373 e. The van der Waals surface area contributed by atoms with Crippen molar-refractivity contribution in [2.45, 2.75) is 26.0 Å². The molecule has 1 saturated heterocycles. The summed E-state index contributed by atoms with van der Waals surface area (Å²) in [6.07, 6.45) is 1.86. The maximum Gasteiger partial charge on any atom is 0.183 e. The van der Waals surface area contributed by atoms with Crippen LogP contribution in [-0.4, -0.2) is 35.2 Å². The Morgan fingerprint density at radius 3 is 3.07 bits per heavy atom. The quantitative estimate of drug-likeness (QED) is 0.802. The van der Waals surface area contributed by atoms with Crippen LogP contribution in [0.3, 0.4) is 0 Å². The molecule has 5 heteroatoms. The Morgan fingerprint density at radius 2 is 2.47 bits per heavy atom. The summed E-state index contributed by atoms with van der Waals surface area (Å²) in [5.74, 6) is 0. The number of hydrogen-bond acceptors (Lipinski definition) is 4. The number of aromatic nitrogens is 1. The van der Waals surface area contributed by atoms with Gasteiger partial charge in [0.1, 0.15) is 0 Å². The Morgan fingerprint density at radius 1 is 1.67 bits per heavy atom. The second-order valence-corrected chi connectivity index (χ2v) is 6.10. The molecule has 1 aliphatic rings. The van der Waals surface area contributed by atoms with Crippen LogP contribution in [0.25, 0.3) is 0 Å². The predicted molar refractivity (Wildman–Crippen MR) is 62.4 cm³/mol. The van der Waals surface area contributed by atoms with Crippen LogP contribution < -0.4 is 0 Å². The van der Waals surface area contributed by atoms with Crippen LogP contribution in [0.5, 0.6) is 0 Å². The van der Waals surface area contributed by atoms with Gasteiger partial charge in [-0.2, -0.15) is 0 Å². The lowest BCUT2D eigenvalue weighted by atomic mass is 10.1. The molecule has 0 unspecified atom stereocenters. The highest BCUT2D eigenvalue weighted by atomic mass is 35.5. The van der Waals surface area contributed by atoms with Crippen LogP contribution in [-0.2, 0) is 11.3 Å². The second-order valence-electron chi connectivity index (χ2n) is 4.40. The summed E-state index contributed by atoms with van der Waals surface area (Å²) in [4.78, 5) is 7.65. The molecule has 0 N–H and O–H groups in total. The molecule has 1 aromatic rings. The van der Waals surface area contributed by atoms with Crippen molar-refractivity contribution < 1.29 is 4.74 Å². The van der Waals surface area contributed by atoms with Gasteiger partial charge in [-0.1, -0.05) is 11.6 Å². The molecule has 0 radical (unpaired) electrons. The molecule has 15 heavy (non-hydrogen) atoms. The summed E-state index contributed by atoms with van der Waals surface area (Å²) < 4.78 is 6.28. The maximum absolute atomic E-state index is 5.80. The first kappa shape index (κ1) is 11.3. The Kier molecular flexibility index (Phi) is 3.30. The van der Waals surface area contributed by atoms with Crippen molar-refractivity contribution >= 4 is 22.9 Å². The van der Waals surface area contributed by atoms with Crippen LogP contribution in [0.15, 0.2) is 6.20 Å². The number of nitrogens with zero attached hydrogens (tertiary/aromatic N) is 2. The topological polar surface area (TPSA) is 25.4 Å². The van der Waals surface area contributed by atoms with E-state index in [9.17, 15) is 0 Å². The van der Waals surface area contributed by atoms with Gasteiger partial charge in [-0.05, 0) is 13.8 Å². The molecule has 1 aromatic heterocycles. The normalized spacial score (nSPS) is 21.8. The molecular formula is C10H15ClN2OS. The second kappa shape index (κ2) is 4.37. The predicted octanol–water partition coefficient (Wildman–Crippen LogP) is 2.41. The fourth-order valence-corrected chi connectivity index (χ4v) is 2.85. The summed E-state index contributed by atoms with van der Waals surface area (Å²) in [7, 11) is 0. The Labute approximate surface area is 99.0 Å². The van der Waals surface area contributed by atoms with Crippen LogP contribution in [0.1, 0.15) is 18.7 Å². The number of thiazole rings is 1. The van der Waals surface area contributed by atoms with Crippen molar-refractivity contribution in [1.29, 1.82) is 0 Å². The Hall–Kier alpha value is -0.160. The van der Waals surface area contributed by atoms with Crippen molar-refractivity contribution in [3.8, 4) is 0 Å². The standard InChI is InChI=1S/C10H15ClN2OS/c1-10(2)7-13(3-4-14-10)6-8-5-12-9(11)15-8/h5H,3-4,6-7H2,1-2H3. The number of morpholine rings is 1. The summed E-state index contributed by atoms with van der Waals surface area (Å²) in [5, 5.41) is 0. The van der Waals surface area contributed by atoms with Gasteiger partial charge in [0.15, 0.2) is 4.47 Å². The molecule has 2 heterocycles. The summed E-state index contributed by atoms with van der Waals surface area (Å²) in [5.41, 5.74) is -0.0350. The first-order valence-electron chi connectivity index (χ1n) is 5.02. The van der Waals surface area contributed by atoms with Crippen LogP contribution in [0.4, 0.5) is 0 Å². The first-order chi connectivity index (χ1) is 7.05. The number of rotatable bonds is 2. The van der Waals surface area contributed by atoms with Gasteiger partial charge in [0.2, 0.25) is 0 Å². The Bertz CT molecular complexity index is 340. The lowest BCUT2D eigenvalue weighted by molar-refractivity contribution is -0.0880. The van der Waals surface area contributed by atoms with Crippen molar-refractivity contribution in [1.82, 2.24) is 9.88 Å². The lowest BCUT2D eigenvalue weighted by Crippen LogP contribution is -2.47. The van der Waals surface area contributed by atoms with E-state index in [0.29, 0.717) is 4.47 Å². The van der Waals surface area contributed by atoms with Crippen molar-refractivity contribution in [3.63, 3.8) is 0 Å². The van der Waals surface area contributed by atoms with Crippen molar-refractivity contribution in [2.24, 2.45) is 0 Å². The molecule has 3 nitrogen and oxygen atoms in total. The van der Waals surface area contributed by atoms with Gasteiger partial charge in [-0.3, -0.25) is 4.90 Å². The number of hydrogen-bond donors (Lipinski definition) is 0. The van der Waals surface area contributed by atoms with E-state index in [-0.39, 0.29) is 5.60 Å². The van der Waals surface area contributed by atoms with E-state index in [1.54, 1.807) is 11.3 Å². The molecule has 0 saturated carbocycles. The highest BCUT2D eigenvalue weighted by molar-refractivity contribution is 7.15. The molecule has 1 aliphatic heterocycles. The van der Waals surface area contributed by atoms with E-state index >= 15 is 0 Å². The van der Waals surface area contributed by atoms with Crippen molar-refractivity contribution in [3.05, 3.63) is 15.5 Å². The van der Waals surface area contributed by atoms with Gasteiger partial charge in [0.05, 0.1) is 12.2 Å². The van der Waals surface area contributed by atoms with Gasteiger partial charge in [0.25, 0.3) is 0 Å². The average Bonchev–Trinajstić information content (AvgIpc) is 2.49. The molecule has 0 aromatic carbocycles. The van der Waals surface area contributed by atoms with E-state index in [4.69, 9.17) is 16.3 Å². The van der Waals surface area contributed by atoms with Gasteiger partial charge in [-0.15, -0.1) is 11.3 Å². The highest BCUT2D eigenvalue weighted by Gasteiger charge is 2.27. The number of ether oxygens (including phenoxy) is 1. The van der Waals surface area contributed by atoms with E-state index < -0.39 is 0 Å². The molecule has 2 rings (SSSR count). The van der Waals surface area contributed by atoms with Gasteiger partial charge in [-0.25, -0.2) is 4.98 Å². The van der Waals surface area contributed by atoms with E-state index in [1.165, 1.54) is 4.88 Å². The molecule has 0 atom stereocenters. The van der Waals surface area contributed by atoms with Gasteiger partial charge >= 0.3 is 0 Å². The average molecular weight is 247 g/mol. The first-order valence-corrected chi connectivity index (χ1v) is 6.21. The lowest BCUT2D eigenvalue weighted by Gasteiger charge is -2.37. The van der Waals surface area contributed by atoms with Gasteiger partial charge in [0, 0.05) is 30.7 Å². The summed E-state index contributed by atoms with van der Waals surface area (Å²) >= 11 is 7.35. The molecular weight excluding hydrogens is 232 g/mol. The monoisotopic (exact) mass is 246 g/mol. The minimum atomic E-state index is -0.0350. The number of halogens is 1. The third-order valence-electron chi connectivity index (χ3n) is 2.41. The Balaban J connectivity index is 1.95. The summed E-state index contributed by atoms with van der Waals surface area (Å²) in [6, 6.07) is 0. The highest BCUT2D eigenvalue weighted by Crippen LogP contribution is 2.22. The fraction of sp³-hybridized carbons (Fsp3) is 0.700. The molecule has 1 fully saturated rings. The molecule has 0 bridgehead atoms. The zero-order chi connectivity index (χ0) is 10.9. The van der Waals surface area contributed by atoms with Gasteiger partial charge < -0.3 is 4.74 Å². The zero-order valence-corrected chi connectivity index (χ0v) is 10.6. The largest absolute Gasteiger partial charge is 0.373 e. The molecule has 0 aliphatic carbocycles. The molecule has 0 amide bonds. The maximum atomic E-state index is 5.80. The van der Waals surface area contributed by atoms with Crippen LogP contribution in [0, 0.1) is 0 Å². The van der Waals surface area contributed by atoms with E-state index in [0.717, 1.165) is 26.2 Å². The molecule has 0 spiro atoms. The third kappa shape index (κ3) is 3.14. The fourth-order valence-electron chi connectivity index (χ4n) is 1.83. The molecule has 84 valence electrons.